The van der Waals surface area contributed by atoms with Crippen LogP contribution in [0.4, 0.5) is 22.7 Å². The van der Waals surface area contributed by atoms with Crippen LogP contribution in [0.1, 0.15) is 11.4 Å². The molecule has 8 nitrogen and oxygen atoms in total. The van der Waals surface area contributed by atoms with Crippen molar-refractivity contribution in [3.05, 3.63) is 72.1 Å². The molecule has 2 amide bonds. The second-order valence-electron chi connectivity index (χ2n) is 9.13. The summed E-state index contributed by atoms with van der Waals surface area (Å²) in [4.78, 5) is 38.1. The molecule has 0 radical (unpaired) electrons. The Hall–Kier alpha value is -4.46. The number of aryl methyl sites for hydroxylation is 2. The number of aromatic nitrogens is 2. The summed E-state index contributed by atoms with van der Waals surface area (Å²) in [6.45, 7) is 3.91. The highest BCUT2D eigenvalue weighted by atomic mass is 16.2. The molecule has 0 aliphatic carbocycles. The van der Waals surface area contributed by atoms with E-state index in [0.29, 0.717) is 11.4 Å². The summed E-state index contributed by atoms with van der Waals surface area (Å²) in [5, 5.41) is 7.50. The first-order chi connectivity index (χ1) is 17.1. The van der Waals surface area contributed by atoms with Crippen molar-refractivity contribution in [2.45, 2.75) is 13.8 Å². The first-order valence-corrected chi connectivity index (χ1v) is 11.6. The predicted octanol–water partition coefficient (Wildman–Crippen LogP) is 4.67. The largest absolute Gasteiger partial charge is 0.377 e. The van der Waals surface area contributed by atoms with Crippen LogP contribution in [0.25, 0.3) is 21.8 Å². The second kappa shape index (κ2) is 10.0. The highest BCUT2D eigenvalue weighted by Crippen LogP contribution is 2.29. The number of amides is 2. The molecule has 8 heteroatoms. The summed E-state index contributed by atoms with van der Waals surface area (Å²) in [6.07, 6.45) is 2.44. The van der Waals surface area contributed by atoms with Crippen LogP contribution in [0.3, 0.4) is 0 Å². The zero-order chi connectivity index (χ0) is 26.0. The normalized spacial score (nSPS) is 11.2. The minimum Gasteiger partial charge on any atom is -0.377 e. The predicted molar refractivity (Wildman–Crippen MR) is 148 cm³/mol. The van der Waals surface area contributed by atoms with Gasteiger partial charge in [0.1, 0.15) is 0 Å². The van der Waals surface area contributed by atoms with Crippen molar-refractivity contribution in [3.63, 3.8) is 0 Å². The molecule has 4 aromatic rings. The molecule has 0 spiro atoms. The van der Waals surface area contributed by atoms with E-state index in [1.54, 1.807) is 12.1 Å². The molecule has 0 aliphatic heterocycles. The second-order valence-corrected chi connectivity index (χ2v) is 9.13. The SMILES string of the molecule is Cc1cc(N(C)C)c2cc(NC(=O)C=CC(=O)Nc3ccc4nc(C)cc(N(C)C)c4c3)ccc2n1. The van der Waals surface area contributed by atoms with Crippen molar-refractivity contribution in [3.8, 4) is 0 Å². The molecule has 2 aromatic carbocycles. The van der Waals surface area contributed by atoms with Crippen LogP contribution in [-0.2, 0) is 9.59 Å². The summed E-state index contributed by atoms with van der Waals surface area (Å²) in [5.41, 5.74) is 6.83. The number of anilines is 4. The van der Waals surface area contributed by atoms with E-state index in [4.69, 9.17) is 0 Å². The summed E-state index contributed by atoms with van der Waals surface area (Å²) in [5.74, 6) is -0.798. The third-order valence-corrected chi connectivity index (χ3v) is 5.71. The van der Waals surface area contributed by atoms with Crippen molar-refractivity contribution >= 4 is 56.4 Å². The standard InChI is InChI=1S/C28H30N6O2/c1-17-13-25(33(3)4)21-15-19(7-9-23(21)29-17)31-27(35)11-12-28(36)32-20-8-10-24-22(16-20)26(34(5)6)14-18(2)30-24/h7-16H,1-6H3,(H,31,35)(H,32,36). The Bertz CT molecular complexity index is 1390. The van der Waals surface area contributed by atoms with Gasteiger partial charge in [0, 0.05) is 85.3 Å². The average molecular weight is 483 g/mol. The number of hydrogen-bond acceptors (Lipinski definition) is 6. The number of fused-ring (bicyclic) bond motifs is 2. The van der Waals surface area contributed by atoms with Crippen molar-refractivity contribution < 1.29 is 9.59 Å². The number of hydrogen-bond donors (Lipinski definition) is 2. The smallest absolute Gasteiger partial charge is 0.248 e. The molecule has 0 saturated heterocycles. The molecule has 36 heavy (non-hydrogen) atoms. The number of benzene rings is 2. The highest BCUT2D eigenvalue weighted by molar-refractivity contribution is 6.08. The molecule has 0 aliphatic rings. The van der Waals surface area contributed by atoms with Crippen molar-refractivity contribution in [2.75, 3.05) is 48.6 Å². The van der Waals surface area contributed by atoms with Crippen LogP contribution >= 0.6 is 0 Å². The summed E-state index contributed by atoms with van der Waals surface area (Å²) >= 11 is 0. The average Bonchev–Trinajstić information content (AvgIpc) is 2.82. The van der Waals surface area contributed by atoms with E-state index >= 15 is 0 Å². The van der Waals surface area contributed by atoms with E-state index in [9.17, 15) is 9.59 Å². The number of pyridine rings is 2. The van der Waals surface area contributed by atoms with Crippen LogP contribution in [-0.4, -0.2) is 50.0 Å². The van der Waals surface area contributed by atoms with Crippen LogP contribution in [0, 0.1) is 13.8 Å². The summed E-state index contributed by atoms with van der Waals surface area (Å²) < 4.78 is 0. The van der Waals surface area contributed by atoms with E-state index in [1.807, 2.05) is 88.2 Å². The molecule has 2 heterocycles. The number of carbonyl (C=O) groups is 2. The molecule has 0 fully saturated rings. The maximum Gasteiger partial charge on any atom is 0.248 e. The molecule has 2 N–H and O–H groups in total. The lowest BCUT2D eigenvalue weighted by molar-refractivity contribution is -0.114. The molecular weight excluding hydrogens is 452 g/mol. The van der Waals surface area contributed by atoms with Crippen molar-refractivity contribution in [2.24, 2.45) is 0 Å². The fourth-order valence-corrected chi connectivity index (χ4v) is 4.09. The Morgan fingerprint density at radius 2 is 1.06 bits per heavy atom. The fraction of sp³-hybridized carbons (Fsp3) is 0.214. The first-order valence-electron chi connectivity index (χ1n) is 11.6. The van der Waals surface area contributed by atoms with Gasteiger partial charge in [0.2, 0.25) is 11.8 Å². The lowest BCUT2D eigenvalue weighted by atomic mass is 10.1. The Morgan fingerprint density at radius 1 is 0.667 bits per heavy atom. The third kappa shape index (κ3) is 5.43. The minimum atomic E-state index is -0.399. The van der Waals surface area contributed by atoms with Gasteiger partial charge in [0.15, 0.2) is 0 Å². The van der Waals surface area contributed by atoms with Gasteiger partial charge in [0.05, 0.1) is 11.0 Å². The Morgan fingerprint density at radius 3 is 1.42 bits per heavy atom. The number of carbonyl (C=O) groups excluding carboxylic acids is 2. The van der Waals surface area contributed by atoms with Crippen molar-refractivity contribution in [1.82, 2.24) is 9.97 Å². The molecule has 2 aromatic heterocycles. The molecule has 184 valence electrons. The minimum absolute atomic E-state index is 0.399. The van der Waals surface area contributed by atoms with Gasteiger partial charge >= 0.3 is 0 Å². The molecular formula is C28H30N6O2. The fourth-order valence-electron chi connectivity index (χ4n) is 4.09. The highest BCUT2D eigenvalue weighted by Gasteiger charge is 2.10. The number of nitrogens with one attached hydrogen (secondary N) is 2. The Kier molecular flexibility index (Phi) is 6.87. The van der Waals surface area contributed by atoms with Gasteiger partial charge in [-0.2, -0.15) is 0 Å². The van der Waals surface area contributed by atoms with Gasteiger partial charge in [-0.05, 0) is 62.4 Å². The maximum atomic E-state index is 12.5. The van der Waals surface area contributed by atoms with Crippen molar-refractivity contribution in [1.29, 1.82) is 0 Å². The zero-order valence-electron chi connectivity index (χ0n) is 21.4. The summed E-state index contributed by atoms with van der Waals surface area (Å²) in [7, 11) is 7.87. The molecule has 4 rings (SSSR count). The van der Waals surface area contributed by atoms with Gasteiger partial charge in [-0.3, -0.25) is 19.6 Å². The van der Waals surface area contributed by atoms with Crippen LogP contribution < -0.4 is 20.4 Å². The number of nitrogens with zero attached hydrogens (tertiary/aromatic N) is 4. The molecule has 0 unspecified atom stereocenters. The first kappa shape index (κ1) is 24.7. The Labute approximate surface area is 210 Å². The monoisotopic (exact) mass is 482 g/mol. The van der Waals surface area contributed by atoms with Gasteiger partial charge in [0.25, 0.3) is 0 Å². The van der Waals surface area contributed by atoms with E-state index in [1.165, 1.54) is 12.2 Å². The van der Waals surface area contributed by atoms with Crippen LogP contribution in [0.15, 0.2) is 60.7 Å². The van der Waals surface area contributed by atoms with Crippen LogP contribution in [0.5, 0.6) is 0 Å². The Balaban J connectivity index is 1.47. The van der Waals surface area contributed by atoms with E-state index < -0.39 is 11.8 Å². The van der Waals surface area contributed by atoms with Gasteiger partial charge in [-0.1, -0.05) is 0 Å². The van der Waals surface area contributed by atoms with Crippen LogP contribution in [0.2, 0.25) is 0 Å². The molecule has 0 saturated carbocycles. The third-order valence-electron chi connectivity index (χ3n) is 5.71. The topological polar surface area (TPSA) is 90.5 Å². The van der Waals surface area contributed by atoms with Gasteiger partial charge in [-0.15, -0.1) is 0 Å². The molecule has 0 bridgehead atoms. The van der Waals surface area contributed by atoms with E-state index in [0.717, 1.165) is 44.6 Å². The maximum absolute atomic E-state index is 12.5. The van der Waals surface area contributed by atoms with E-state index in [2.05, 4.69) is 20.6 Å². The van der Waals surface area contributed by atoms with Gasteiger partial charge < -0.3 is 20.4 Å². The number of rotatable bonds is 6. The van der Waals surface area contributed by atoms with Gasteiger partial charge in [-0.25, -0.2) is 0 Å². The zero-order valence-corrected chi connectivity index (χ0v) is 21.4. The summed E-state index contributed by atoms with van der Waals surface area (Å²) in [6, 6.07) is 15.1. The molecule has 0 atom stereocenters. The lowest BCUT2D eigenvalue weighted by Crippen LogP contribution is -2.13. The van der Waals surface area contributed by atoms with E-state index in [-0.39, 0.29) is 0 Å². The quantitative estimate of drug-likeness (QED) is 0.388. The lowest BCUT2D eigenvalue weighted by Gasteiger charge is -2.17.